The summed E-state index contributed by atoms with van der Waals surface area (Å²) in [5.74, 6) is 0.851. The lowest BCUT2D eigenvalue weighted by atomic mass is 10.1. The van der Waals surface area contributed by atoms with Crippen molar-refractivity contribution in [1.82, 2.24) is 9.80 Å². The smallest absolute Gasteiger partial charge is 0.237 e. The summed E-state index contributed by atoms with van der Waals surface area (Å²) in [5, 5.41) is 0. The van der Waals surface area contributed by atoms with Crippen LogP contribution in [-0.2, 0) is 21.2 Å². The summed E-state index contributed by atoms with van der Waals surface area (Å²) in [6.07, 6.45) is 2.47. The van der Waals surface area contributed by atoms with Crippen molar-refractivity contribution in [3.05, 3.63) is 23.8 Å². The van der Waals surface area contributed by atoms with Gasteiger partial charge in [-0.2, -0.15) is 0 Å². The number of carbonyl (C=O) groups excluding carboxylic acids is 1. The van der Waals surface area contributed by atoms with Crippen molar-refractivity contribution in [2.45, 2.75) is 32.7 Å². The standard InChI is InChI=1S/C20H32N2O5S/c1-4-5-6-13-28(24,25)16-20(23)22-11-9-21(10-12-22)15-17-7-8-18(26-2)19(14-17)27-3/h7-8,14H,4-6,9-13,15-16H2,1-3H3. The minimum Gasteiger partial charge on any atom is -0.493 e. The van der Waals surface area contributed by atoms with Crippen LogP contribution >= 0.6 is 0 Å². The molecule has 0 atom stereocenters. The Labute approximate surface area is 168 Å². The first kappa shape index (κ1) is 22.5. The summed E-state index contributed by atoms with van der Waals surface area (Å²) in [4.78, 5) is 16.3. The second kappa shape index (κ2) is 10.7. The number of nitrogens with zero attached hydrogens (tertiary/aromatic N) is 2. The van der Waals surface area contributed by atoms with Crippen molar-refractivity contribution in [1.29, 1.82) is 0 Å². The van der Waals surface area contributed by atoms with Gasteiger partial charge in [0.2, 0.25) is 5.91 Å². The van der Waals surface area contributed by atoms with Crippen LogP contribution in [0.5, 0.6) is 11.5 Å². The predicted molar refractivity (Wildman–Crippen MR) is 110 cm³/mol. The first-order valence-electron chi connectivity index (χ1n) is 9.80. The number of unbranched alkanes of at least 4 members (excludes halogenated alkanes) is 2. The van der Waals surface area contributed by atoms with Gasteiger partial charge in [0.25, 0.3) is 0 Å². The van der Waals surface area contributed by atoms with Crippen molar-refractivity contribution in [2.24, 2.45) is 0 Å². The Morgan fingerprint density at radius 3 is 2.32 bits per heavy atom. The van der Waals surface area contributed by atoms with Crippen LogP contribution in [0.4, 0.5) is 0 Å². The zero-order valence-corrected chi connectivity index (χ0v) is 18.0. The molecule has 1 aliphatic rings. The maximum absolute atomic E-state index is 12.4. The number of piperazine rings is 1. The molecule has 1 amide bonds. The molecular weight excluding hydrogens is 380 g/mol. The zero-order valence-electron chi connectivity index (χ0n) is 17.1. The molecule has 1 aliphatic heterocycles. The van der Waals surface area contributed by atoms with Crippen LogP contribution in [0.2, 0.25) is 0 Å². The summed E-state index contributed by atoms with van der Waals surface area (Å²) in [7, 11) is -0.0870. The molecule has 0 aliphatic carbocycles. The third-order valence-electron chi connectivity index (χ3n) is 4.98. The van der Waals surface area contributed by atoms with Crippen molar-refractivity contribution in [2.75, 3.05) is 51.9 Å². The molecule has 0 N–H and O–H groups in total. The minimum atomic E-state index is -3.31. The number of hydrogen-bond donors (Lipinski definition) is 0. The highest BCUT2D eigenvalue weighted by Crippen LogP contribution is 2.28. The lowest BCUT2D eigenvalue weighted by Crippen LogP contribution is -2.49. The summed E-state index contributed by atoms with van der Waals surface area (Å²) in [6, 6.07) is 5.85. The Balaban J connectivity index is 1.83. The van der Waals surface area contributed by atoms with Crippen molar-refractivity contribution >= 4 is 15.7 Å². The highest BCUT2D eigenvalue weighted by molar-refractivity contribution is 7.92. The average molecular weight is 413 g/mol. The summed E-state index contributed by atoms with van der Waals surface area (Å²) >= 11 is 0. The maximum atomic E-state index is 12.4. The molecule has 8 heteroatoms. The van der Waals surface area contributed by atoms with Crippen LogP contribution in [0.15, 0.2) is 18.2 Å². The van der Waals surface area contributed by atoms with Crippen molar-refractivity contribution in [3.8, 4) is 11.5 Å². The van der Waals surface area contributed by atoms with Crippen molar-refractivity contribution < 1.29 is 22.7 Å². The first-order chi connectivity index (χ1) is 13.4. The molecular formula is C20H32N2O5S. The monoisotopic (exact) mass is 412 g/mol. The molecule has 0 radical (unpaired) electrons. The topological polar surface area (TPSA) is 76.2 Å². The highest BCUT2D eigenvalue weighted by Gasteiger charge is 2.25. The van der Waals surface area contributed by atoms with Crippen LogP contribution in [0.3, 0.4) is 0 Å². The van der Waals surface area contributed by atoms with Crippen LogP contribution in [0.25, 0.3) is 0 Å². The van der Waals surface area contributed by atoms with Crippen LogP contribution < -0.4 is 9.47 Å². The normalized spacial score (nSPS) is 15.5. The third kappa shape index (κ3) is 6.67. The van der Waals surface area contributed by atoms with E-state index in [-0.39, 0.29) is 17.4 Å². The van der Waals surface area contributed by atoms with Gasteiger partial charge in [-0.05, 0) is 24.1 Å². The molecule has 0 spiro atoms. The lowest BCUT2D eigenvalue weighted by molar-refractivity contribution is -0.130. The molecule has 1 heterocycles. The van der Waals surface area contributed by atoms with E-state index in [2.05, 4.69) is 4.90 Å². The van der Waals surface area contributed by atoms with E-state index in [0.29, 0.717) is 31.0 Å². The second-order valence-corrected chi connectivity index (χ2v) is 9.33. The molecule has 1 saturated heterocycles. The highest BCUT2D eigenvalue weighted by atomic mass is 32.2. The van der Waals surface area contributed by atoms with E-state index in [9.17, 15) is 13.2 Å². The first-order valence-corrected chi connectivity index (χ1v) is 11.6. The molecule has 1 aromatic rings. The maximum Gasteiger partial charge on any atom is 0.237 e. The van der Waals surface area contributed by atoms with Gasteiger partial charge >= 0.3 is 0 Å². The van der Waals surface area contributed by atoms with E-state index in [1.807, 2.05) is 25.1 Å². The lowest BCUT2D eigenvalue weighted by Gasteiger charge is -2.34. The average Bonchev–Trinajstić information content (AvgIpc) is 2.68. The molecule has 0 bridgehead atoms. The number of ether oxygens (including phenoxy) is 2. The van der Waals surface area contributed by atoms with E-state index in [1.54, 1.807) is 19.1 Å². The van der Waals surface area contributed by atoms with E-state index in [0.717, 1.165) is 38.0 Å². The second-order valence-electron chi connectivity index (χ2n) is 7.15. The van der Waals surface area contributed by atoms with Gasteiger partial charge < -0.3 is 14.4 Å². The Hall–Kier alpha value is -1.80. The molecule has 1 aromatic carbocycles. The third-order valence-corrected chi connectivity index (χ3v) is 6.58. The van der Waals surface area contributed by atoms with Crippen molar-refractivity contribution in [3.63, 3.8) is 0 Å². The molecule has 2 rings (SSSR count). The van der Waals surface area contributed by atoms with E-state index >= 15 is 0 Å². The number of amides is 1. The predicted octanol–water partition coefficient (Wildman–Crippen LogP) is 1.95. The fourth-order valence-electron chi connectivity index (χ4n) is 3.32. The van der Waals surface area contributed by atoms with Crippen LogP contribution in [-0.4, -0.2) is 76.0 Å². The number of carbonyl (C=O) groups is 1. The summed E-state index contributed by atoms with van der Waals surface area (Å²) < 4.78 is 34.8. The number of sulfone groups is 1. The number of hydrogen-bond acceptors (Lipinski definition) is 6. The molecule has 0 aromatic heterocycles. The number of rotatable bonds is 10. The zero-order chi connectivity index (χ0) is 20.6. The van der Waals surface area contributed by atoms with Gasteiger partial charge in [-0.15, -0.1) is 0 Å². The Morgan fingerprint density at radius 1 is 1.04 bits per heavy atom. The van der Waals surface area contributed by atoms with E-state index in [1.165, 1.54) is 0 Å². The molecule has 158 valence electrons. The SMILES string of the molecule is CCCCCS(=O)(=O)CC(=O)N1CCN(Cc2ccc(OC)c(OC)c2)CC1. The minimum absolute atomic E-state index is 0.103. The van der Waals surface area contributed by atoms with Crippen LogP contribution in [0, 0.1) is 0 Å². The fourth-order valence-corrected chi connectivity index (χ4v) is 4.66. The van der Waals surface area contributed by atoms with E-state index in [4.69, 9.17) is 9.47 Å². The van der Waals surface area contributed by atoms with Gasteiger partial charge in [-0.3, -0.25) is 9.69 Å². The van der Waals surface area contributed by atoms with Gasteiger partial charge in [-0.1, -0.05) is 25.8 Å². The Morgan fingerprint density at radius 2 is 1.71 bits per heavy atom. The largest absolute Gasteiger partial charge is 0.493 e. The number of methoxy groups -OCH3 is 2. The fraction of sp³-hybridized carbons (Fsp3) is 0.650. The van der Waals surface area contributed by atoms with Gasteiger partial charge in [0.15, 0.2) is 21.3 Å². The summed E-state index contributed by atoms with van der Waals surface area (Å²) in [6.45, 7) is 5.32. The Kier molecular flexibility index (Phi) is 8.57. The molecule has 0 saturated carbocycles. The van der Waals surface area contributed by atoms with Crippen LogP contribution in [0.1, 0.15) is 31.7 Å². The van der Waals surface area contributed by atoms with Gasteiger partial charge in [-0.25, -0.2) is 8.42 Å². The van der Waals surface area contributed by atoms with Gasteiger partial charge in [0, 0.05) is 32.7 Å². The Bertz CT molecular complexity index is 743. The van der Waals surface area contributed by atoms with Gasteiger partial charge in [0.05, 0.1) is 20.0 Å². The molecule has 0 unspecified atom stereocenters. The molecule has 7 nitrogen and oxygen atoms in total. The molecule has 28 heavy (non-hydrogen) atoms. The van der Waals surface area contributed by atoms with Gasteiger partial charge in [0.1, 0.15) is 5.75 Å². The molecule has 1 fully saturated rings. The summed E-state index contributed by atoms with van der Waals surface area (Å²) in [5.41, 5.74) is 1.11. The van der Waals surface area contributed by atoms with E-state index < -0.39 is 9.84 Å². The quantitative estimate of drug-likeness (QED) is 0.547. The number of benzene rings is 1.